The Balaban J connectivity index is 1.51. The molecular formula is C19H29N3O3. The molecule has 1 aromatic rings. The molecule has 1 aromatic carbocycles. The number of nitrogens with one attached hydrogen (secondary N) is 1. The molecule has 6 nitrogen and oxygen atoms in total. The summed E-state index contributed by atoms with van der Waals surface area (Å²) < 4.78 is 5.55. The number of nitrogens with zero attached hydrogens (tertiary/aromatic N) is 2. The van der Waals surface area contributed by atoms with Crippen LogP contribution in [0.15, 0.2) is 30.3 Å². The maximum absolute atomic E-state index is 12.1. The van der Waals surface area contributed by atoms with Gasteiger partial charge in [-0.05, 0) is 25.1 Å². The number of carbonyl (C=O) groups excluding carboxylic acids is 2. The predicted molar refractivity (Wildman–Crippen MR) is 97.5 cm³/mol. The molecule has 1 fully saturated rings. The van der Waals surface area contributed by atoms with Crippen molar-refractivity contribution in [3.8, 4) is 5.75 Å². The van der Waals surface area contributed by atoms with E-state index >= 15 is 0 Å². The van der Waals surface area contributed by atoms with Crippen molar-refractivity contribution in [2.45, 2.75) is 26.2 Å². The molecule has 0 saturated carbocycles. The Morgan fingerprint density at radius 2 is 1.80 bits per heavy atom. The van der Waals surface area contributed by atoms with Crippen LogP contribution >= 0.6 is 0 Å². The molecule has 0 radical (unpaired) electrons. The molecule has 0 atom stereocenters. The number of piperazine rings is 1. The van der Waals surface area contributed by atoms with Gasteiger partial charge in [0.15, 0.2) is 0 Å². The van der Waals surface area contributed by atoms with Crippen molar-refractivity contribution in [1.29, 1.82) is 0 Å². The van der Waals surface area contributed by atoms with Gasteiger partial charge in [0.2, 0.25) is 11.8 Å². The van der Waals surface area contributed by atoms with Crippen molar-refractivity contribution in [3.05, 3.63) is 30.3 Å². The van der Waals surface area contributed by atoms with Crippen LogP contribution in [0.4, 0.5) is 0 Å². The summed E-state index contributed by atoms with van der Waals surface area (Å²) in [5.41, 5.74) is 0. The Bertz CT molecular complexity index is 528. The van der Waals surface area contributed by atoms with Gasteiger partial charge < -0.3 is 19.9 Å². The highest BCUT2D eigenvalue weighted by molar-refractivity contribution is 5.79. The largest absolute Gasteiger partial charge is 0.494 e. The number of rotatable bonds is 9. The normalized spacial score (nSPS) is 15.0. The summed E-state index contributed by atoms with van der Waals surface area (Å²) in [5.74, 6) is 0.917. The molecule has 0 bridgehead atoms. The summed E-state index contributed by atoms with van der Waals surface area (Å²) in [7, 11) is 0. The highest BCUT2D eigenvalue weighted by atomic mass is 16.5. The van der Waals surface area contributed by atoms with Crippen molar-refractivity contribution in [3.63, 3.8) is 0 Å². The zero-order valence-corrected chi connectivity index (χ0v) is 15.1. The Kier molecular flexibility index (Phi) is 8.25. The molecule has 0 unspecified atom stereocenters. The van der Waals surface area contributed by atoms with Gasteiger partial charge in [-0.15, -0.1) is 0 Å². The quantitative estimate of drug-likeness (QED) is 0.688. The third-order valence-corrected chi connectivity index (χ3v) is 4.39. The third-order valence-electron chi connectivity index (χ3n) is 4.39. The van der Waals surface area contributed by atoms with Crippen molar-refractivity contribution in [1.82, 2.24) is 15.1 Å². The molecule has 0 aromatic heterocycles. The second kappa shape index (κ2) is 10.7. The highest BCUT2D eigenvalue weighted by Crippen LogP contribution is 2.08. The van der Waals surface area contributed by atoms with Gasteiger partial charge in [0.25, 0.3) is 0 Å². The van der Waals surface area contributed by atoms with E-state index in [-0.39, 0.29) is 11.8 Å². The number of carbonyl (C=O) groups is 2. The van der Waals surface area contributed by atoms with E-state index in [1.165, 1.54) is 0 Å². The lowest BCUT2D eigenvalue weighted by Crippen LogP contribution is -2.49. The number of ether oxygens (including phenoxy) is 1. The SMILES string of the molecule is CCN1CCN(C(=O)CCNC(=O)CCCOc2ccccc2)CC1. The minimum Gasteiger partial charge on any atom is -0.494 e. The first-order valence-electron chi connectivity index (χ1n) is 9.13. The topological polar surface area (TPSA) is 61.9 Å². The molecule has 1 saturated heterocycles. The molecule has 1 N–H and O–H groups in total. The van der Waals surface area contributed by atoms with Crippen LogP contribution in [-0.4, -0.2) is 67.5 Å². The molecule has 2 rings (SSSR count). The van der Waals surface area contributed by atoms with Gasteiger partial charge in [-0.25, -0.2) is 0 Å². The van der Waals surface area contributed by atoms with E-state index in [0.29, 0.717) is 32.4 Å². The number of hydrogen-bond donors (Lipinski definition) is 1. The Hall–Kier alpha value is -2.08. The first kappa shape index (κ1) is 19.2. The minimum atomic E-state index is -0.0275. The summed E-state index contributed by atoms with van der Waals surface area (Å²) in [6, 6.07) is 9.56. The van der Waals surface area contributed by atoms with Crippen molar-refractivity contribution in [2.24, 2.45) is 0 Å². The van der Waals surface area contributed by atoms with Crippen LogP contribution < -0.4 is 10.1 Å². The van der Waals surface area contributed by atoms with Gasteiger partial charge >= 0.3 is 0 Å². The lowest BCUT2D eigenvalue weighted by molar-refractivity contribution is -0.132. The molecule has 1 aliphatic heterocycles. The van der Waals surface area contributed by atoms with Crippen LogP contribution in [0.3, 0.4) is 0 Å². The lowest BCUT2D eigenvalue weighted by atomic mass is 10.2. The molecule has 2 amide bonds. The van der Waals surface area contributed by atoms with Crippen LogP contribution in [0, 0.1) is 0 Å². The second-order valence-electron chi connectivity index (χ2n) is 6.18. The van der Waals surface area contributed by atoms with Crippen molar-refractivity contribution < 1.29 is 14.3 Å². The molecule has 6 heteroatoms. The Labute approximate surface area is 150 Å². The Morgan fingerprint density at radius 1 is 1.08 bits per heavy atom. The van der Waals surface area contributed by atoms with Crippen LogP contribution in [0.2, 0.25) is 0 Å². The van der Waals surface area contributed by atoms with Gasteiger partial charge in [0.1, 0.15) is 5.75 Å². The van der Waals surface area contributed by atoms with Crippen molar-refractivity contribution >= 4 is 11.8 Å². The fourth-order valence-electron chi connectivity index (χ4n) is 2.81. The van der Waals surface area contributed by atoms with Crippen LogP contribution in [-0.2, 0) is 9.59 Å². The minimum absolute atomic E-state index is 0.0275. The van der Waals surface area contributed by atoms with E-state index in [0.717, 1.165) is 38.5 Å². The highest BCUT2D eigenvalue weighted by Gasteiger charge is 2.19. The van der Waals surface area contributed by atoms with Gasteiger partial charge in [-0.2, -0.15) is 0 Å². The Morgan fingerprint density at radius 3 is 2.48 bits per heavy atom. The summed E-state index contributed by atoms with van der Waals surface area (Å²) in [6.45, 7) is 7.55. The average Bonchev–Trinajstić information content (AvgIpc) is 2.66. The molecule has 0 spiro atoms. The van der Waals surface area contributed by atoms with Gasteiger partial charge in [0.05, 0.1) is 6.61 Å². The number of likely N-dealkylation sites (N-methyl/N-ethyl adjacent to an activating group) is 1. The van der Waals surface area contributed by atoms with Crippen LogP contribution in [0.25, 0.3) is 0 Å². The summed E-state index contributed by atoms with van der Waals surface area (Å²) in [6.07, 6.45) is 1.45. The summed E-state index contributed by atoms with van der Waals surface area (Å²) in [4.78, 5) is 28.2. The van der Waals surface area contributed by atoms with Gasteiger partial charge in [0, 0.05) is 45.6 Å². The first-order valence-corrected chi connectivity index (χ1v) is 9.13. The number of para-hydroxylation sites is 1. The first-order chi connectivity index (χ1) is 12.2. The lowest BCUT2D eigenvalue weighted by Gasteiger charge is -2.34. The van der Waals surface area contributed by atoms with Gasteiger partial charge in [-0.1, -0.05) is 25.1 Å². The van der Waals surface area contributed by atoms with E-state index in [1.54, 1.807) is 0 Å². The monoisotopic (exact) mass is 347 g/mol. The van der Waals surface area contributed by atoms with E-state index in [9.17, 15) is 9.59 Å². The molecule has 0 aliphatic carbocycles. The number of benzene rings is 1. The van der Waals surface area contributed by atoms with Crippen molar-refractivity contribution in [2.75, 3.05) is 45.9 Å². The molecule has 1 heterocycles. The molecule has 1 aliphatic rings. The fourth-order valence-corrected chi connectivity index (χ4v) is 2.81. The second-order valence-corrected chi connectivity index (χ2v) is 6.18. The fraction of sp³-hybridized carbons (Fsp3) is 0.579. The predicted octanol–water partition coefficient (Wildman–Crippen LogP) is 1.52. The van der Waals surface area contributed by atoms with Gasteiger partial charge in [-0.3, -0.25) is 9.59 Å². The van der Waals surface area contributed by atoms with Crippen LogP contribution in [0.1, 0.15) is 26.2 Å². The average molecular weight is 347 g/mol. The zero-order valence-electron chi connectivity index (χ0n) is 15.1. The number of hydrogen-bond acceptors (Lipinski definition) is 4. The standard InChI is InChI=1S/C19H29N3O3/c1-2-21-12-14-22(15-13-21)19(24)10-11-20-18(23)9-6-16-25-17-7-4-3-5-8-17/h3-5,7-8H,2,6,9-16H2,1H3,(H,20,23). The number of amides is 2. The van der Waals surface area contributed by atoms with E-state index in [4.69, 9.17) is 4.74 Å². The molecular weight excluding hydrogens is 318 g/mol. The van der Waals surface area contributed by atoms with E-state index in [1.807, 2.05) is 35.2 Å². The maximum Gasteiger partial charge on any atom is 0.224 e. The zero-order chi connectivity index (χ0) is 17.9. The van der Waals surface area contributed by atoms with Crippen LogP contribution in [0.5, 0.6) is 5.75 Å². The summed E-state index contributed by atoms with van der Waals surface area (Å²) in [5, 5.41) is 2.82. The molecule has 138 valence electrons. The third kappa shape index (κ3) is 7.13. The van der Waals surface area contributed by atoms with E-state index < -0.39 is 0 Å². The summed E-state index contributed by atoms with van der Waals surface area (Å²) >= 11 is 0. The maximum atomic E-state index is 12.1. The smallest absolute Gasteiger partial charge is 0.224 e. The van der Waals surface area contributed by atoms with E-state index in [2.05, 4.69) is 17.1 Å². The molecule has 25 heavy (non-hydrogen) atoms.